The number of ether oxygens (including phenoxy) is 3. The fraction of sp³-hybridized carbons (Fsp3) is 0.531. The van der Waals surface area contributed by atoms with Crippen molar-refractivity contribution in [3.8, 4) is 0 Å². The van der Waals surface area contributed by atoms with Crippen molar-refractivity contribution in [1.29, 1.82) is 0 Å². The lowest BCUT2D eigenvalue weighted by molar-refractivity contribution is -0.143. The molecule has 4 amide bonds. The highest BCUT2D eigenvalue weighted by molar-refractivity contribution is 5.93. The fourth-order valence-electron chi connectivity index (χ4n) is 5.44. The lowest BCUT2D eigenvalue weighted by Gasteiger charge is -2.46. The number of pyridine rings is 1. The number of aromatic nitrogens is 1. The molecule has 2 saturated heterocycles. The molecule has 12 heteroatoms. The Morgan fingerprint density at radius 1 is 1.09 bits per heavy atom. The van der Waals surface area contributed by atoms with E-state index in [2.05, 4.69) is 15.6 Å². The van der Waals surface area contributed by atoms with E-state index in [-0.39, 0.29) is 25.7 Å². The Balaban J connectivity index is 1.54. The highest BCUT2D eigenvalue weighted by atomic mass is 16.6. The molecular weight excluding hydrogens is 566 g/mol. The number of hydrogen-bond donors (Lipinski definition) is 2. The Labute approximate surface area is 258 Å². The van der Waals surface area contributed by atoms with E-state index in [0.29, 0.717) is 19.4 Å². The highest BCUT2D eigenvalue weighted by Crippen LogP contribution is 2.38. The Hall–Kier alpha value is -4.19. The molecule has 2 fully saturated rings. The van der Waals surface area contributed by atoms with Gasteiger partial charge in [-0.05, 0) is 52.3 Å². The van der Waals surface area contributed by atoms with Gasteiger partial charge in [-0.25, -0.2) is 9.59 Å². The first-order chi connectivity index (χ1) is 20.7. The molecule has 2 N–H and O–H groups in total. The first-order valence-corrected chi connectivity index (χ1v) is 14.8. The van der Waals surface area contributed by atoms with Crippen molar-refractivity contribution in [2.45, 2.75) is 82.9 Å². The molecule has 0 spiro atoms. The zero-order chi connectivity index (χ0) is 32.1. The van der Waals surface area contributed by atoms with Crippen LogP contribution >= 0.6 is 0 Å². The molecule has 0 radical (unpaired) electrons. The third-order valence-electron chi connectivity index (χ3n) is 7.82. The van der Waals surface area contributed by atoms with Gasteiger partial charge in [0.05, 0.1) is 13.2 Å². The van der Waals surface area contributed by atoms with Gasteiger partial charge >= 0.3 is 12.2 Å². The van der Waals surface area contributed by atoms with Crippen molar-refractivity contribution >= 4 is 24.0 Å². The summed E-state index contributed by atoms with van der Waals surface area (Å²) in [5.41, 5.74) is -1.32. The Morgan fingerprint density at radius 2 is 1.80 bits per heavy atom. The van der Waals surface area contributed by atoms with Crippen molar-refractivity contribution in [1.82, 2.24) is 25.4 Å². The number of fused-ring (bicyclic) bond motifs is 1. The van der Waals surface area contributed by atoms with Crippen LogP contribution in [0.1, 0.15) is 52.3 Å². The highest BCUT2D eigenvalue weighted by Gasteiger charge is 2.57. The van der Waals surface area contributed by atoms with E-state index in [4.69, 9.17) is 14.2 Å². The predicted molar refractivity (Wildman–Crippen MR) is 161 cm³/mol. The Kier molecular flexibility index (Phi) is 9.82. The van der Waals surface area contributed by atoms with Crippen molar-refractivity contribution in [3.63, 3.8) is 0 Å². The van der Waals surface area contributed by atoms with Gasteiger partial charge < -0.3 is 29.7 Å². The minimum atomic E-state index is -1.40. The second-order valence-corrected chi connectivity index (χ2v) is 12.9. The van der Waals surface area contributed by atoms with Gasteiger partial charge in [-0.15, -0.1) is 0 Å². The van der Waals surface area contributed by atoms with E-state index in [1.165, 1.54) is 13.8 Å². The van der Waals surface area contributed by atoms with Gasteiger partial charge in [0.2, 0.25) is 11.8 Å². The van der Waals surface area contributed by atoms with Crippen LogP contribution in [-0.4, -0.2) is 94.4 Å². The molecule has 0 aliphatic carbocycles. The standard InChI is InChI=1S/C32H43N5O7/c1-30(2,3)44-28(40)35-31(4,5)27(39)34-24(20-42-19-22-12-8-7-9-13-22)26(38)37-17-15-25-32(21-37,36(6)29(41)43-25)18-23-14-10-11-16-33-23/h7-14,16,24-25H,15,17-21H2,1-6H3,(H,34,39)(H,35,40)/t24-,25?,32?/m1/s1. The van der Waals surface area contributed by atoms with Crippen LogP contribution in [0.2, 0.25) is 0 Å². The number of carbonyl (C=O) groups excluding carboxylic acids is 4. The summed E-state index contributed by atoms with van der Waals surface area (Å²) in [6.45, 7) is 8.86. The van der Waals surface area contributed by atoms with Crippen LogP contribution in [0.4, 0.5) is 9.59 Å². The summed E-state index contributed by atoms with van der Waals surface area (Å²) in [5, 5.41) is 5.39. The normalized spacial score (nSPS) is 20.8. The van der Waals surface area contributed by atoms with Crippen molar-refractivity contribution < 1.29 is 33.4 Å². The topological polar surface area (TPSA) is 139 Å². The van der Waals surface area contributed by atoms with E-state index in [1.54, 1.807) is 43.8 Å². The van der Waals surface area contributed by atoms with Crippen molar-refractivity contribution in [3.05, 3.63) is 66.0 Å². The quantitative estimate of drug-likeness (QED) is 0.419. The maximum Gasteiger partial charge on any atom is 0.410 e. The Bertz CT molecular complexity index is 1330. The molecule has 0 saturated carbocycles. The molecule has 1 aromatic heterocycles. The molecule has 2 aliphatic rings. The fourth-order valence-corrected chi connectivity index (χ4v) is 5.44. The average molecular weight is 610 g/mol. The second kappa shape index (κ2) is 13.2. The minimum Gasteiger partial charge on any atom is -0.444 e. The van der Waals surface area contributed by atoms with E-state index < -0.39 is 46.9 Å². The Morgan fingerprint density at radius 3 is 2.45 bits per heavy atom. The van der Waals surface area contributed by atoms with Crippen LogP contribution in [0, 0.1) is 0 Å². The zero-order valence-corrected chi connectivity index (χ0v) is 26.3. The lowest BCUT2D eigenvalue weighted by atomic mass is 9.81. The number of amides is 4. The maximum absolute atomic E-state index is 14.1. The van der Waals surface area contributed by atoms with Gasteiger partial charge in [0.25, 0.3) is 0 Å². The molecule has 44 heavy (non-hydrogen) atoms. The molecule has 12 nitrogen and oxygen atoms in total. The number of carbonyl (C=O) groups is 4. The molecular formula is C32H43N5O7. The molecule has 3 atom stereocenters. The van der Waals surface area contributed by atoms with Crippen LogP contribution in [-0.2, 0) is 36.8 Å². The van der Waals surface area contributed by atoms with E-state index in [1.807, 2.05) is 48.5 Å². The monoisotopic (exact) mass is 609 g/mol. The number of benzene rings is 1. The SMILES string of the molecule is CN1C(=O)OC2CCN(C(=O)[C@@H](COCc3ccccc3)NC(=O)C(C)(C)NC(=O)OC(C)(C)C)CC21Cc1ccccn1. The van der Waals surface area contributed by atoms with Crippen LogP contribution < -0.4 is 10.6 Å². The first-order valence-electron chi connectivity index (χ1n) is 14.8. The summed E-state index contributed by atoms with van der Waals surface area (Å²) in [5.74, 6) is -0.953. The minimum absolute atomic E-state index is 0.111. The maximum atomic E-state index is 14.1. The van der Waals surface area contributed by atoms with Crippen LogP contribution in [0.15, 0.2) is 54.7 Å². The molecule has 4 rings (SSSR count). The van der Waals surface area contributed by atoms with Gasteiger partial charge in [0, 0.05) is 44.9 Å². The number of nitrogens with zero attached hydrogens (tertiary/aromatic N) is 3. The third-order valence-corrected chi connectivity index (χ3v) is 7.82. The molecule has 2 aromatic rings. The number of likely N-dealkylation sites (N-methyl/N-ethyl adjacent to an activating group) is 1. The number of likely N-dealkylation sites (tertiary alicyclic amines) is 1. The second-order valence-electron chi connectivity index (χ2n) is 12.9. The third kappa shape index (κ3) is 7.85. The summed E-state index contributed by atoms with van der Waals surface area (Å²) in [6.07, 6.45) is 0.864. The summed E-state index contributed by atoms with van der Waals surface area (Å²) >= 11 is 0. The predicted octanol–water partition coefficient (Wildman–Crippen LogP) is 3.05. The summed E-state index contributed by atoms with van der Waals surface area (Å²) < 4.78 is 17.0. The molecule has 2 unspecified atom stereocenters. The lowest BCUT2D eigenvalue weighted by Crippen LogP contribution is -2.66. The average Bonchev–Trinajstić information content (AvgIpc) is 3.20. The van der Waals surface area contributed by atoms with Gasteiger partial charge in [0.15, 0.2) is 0 Å². The van der Waals surface area contributed by atoms with Crippen molar-refractivity contribution in [2.24, 2.45) is 0 Å². The summed E-state index contributed by atoms with van der Waals surface area (Å²) in [6, 6.07) is 14.0. The van der Waals surface area contributed by atoms with Gasteiger partial charge in [-0.2, -0.15) is 0 Å². The molecule has 1 aromatic carbocycles. The summed E-state index contributed by atoms with van der Waals surface area (Å²) in [4.78, 5) is 60.5. The van der Waals surface area contributed by atoms with Gasteiger partial charge in [-0.3, -0.25) is 19.5 Å². The summed E-state index contributed by atoms with van der Waals surface area (Å²) in [7, 11) is 1.67. The number of rotatable bonds is 10. The van der Waals surface area contributed by atoms with Crippen molar-refractivity contribution in [2.75, 3.05) is 26.7 Å². The van der Waals surface area contributed by atoms with Crippen LogP contribution in [0.25, 0.3) is 0 Å². The largest absolute Gasteiger partial charge is 0.444 e. The number of nitrogens with one attached hydrogen (secondary N) is 2. The zero-order valence-electron chi connectivity index (χ0n) is 26.3. The van der Waals surface area contributed by atoms with E-state index in [0.717, 1.165) is 11.3 Å². The van der Waals surface area contributed by atoms with Gasteiger partial charge in [0.1, 0.15) is 28.8 Å². The van der Waals surface area contributed by atoms with Crippen LogP contribution in [0.3, 0.4) is 0 Å². The number of hydrogen-bond acceptors (Lipinski definition) is 8. The van der Waals surface area contributed by atoms with E-state index >= 15 is 0 Å². The molecule has 0 bridgehead atoms. The molecule has 2 aliphatic heterocycles. The van der Waals surface area contributed by atoms with E-state index in [9.17, 15) is 19.2 Å². The molecule has 3 heterocycles. The molecule has 238 valence electrons. The first kappa shape index (κ1) is 32.7. The van der Waals surface area contributed by atoms with Gasteiger partial charge in [-0.1, -0.05) is 36.4 Å². The van der Waals surface area contributed by atoms with Crippen LogP contribution in [0.5, 0.6) is 0 Å². The smallest absolute Gasteiger partial charge is 0.410 e. The number of piperidine rings is 1. The number of alkyl carbamates (subject to hydrolysis) is 1.